The van der Waals surface area contributed by atoms with Crippen LogP contribution in [0.25, 0.3) is 6.08 Å². The van der Waals surface area contributed by atoms with Gasteiger partial charge in [-0.05, 0) is 49.8 Å². The molecule has 6 nitrogen and oxygen atoms in total. The molecule has 0 aliphatic carbocycles. The van der Waals surface area contributed by atoms with Gasteiger partial charge in [0.15, 0.2) is 11.5 Å². The molecule has 3 aromatic rings. The standard InChI is InChI=1S/C22H21ClN2O4/c1-14-17(15(2)29-25-14)13-28-20-10-8-16(12-21(20)27-3)9-11-22(26)24-19-7-5-4-6-18(19)23/h4-12H,13H2,1-3H3,(H,24,26)/b11-9+. The van der Waals surface area contributed by atoms with Gasteiger partial charge < -0.3 is 19.3 Å². The summed E-state index contributed by atoms with van der Waals surface area (Å²) < 4.78 is 16.4. The third-order valence-electron chi connectivity index (χ3n) is 4.30. The van der Waals surface area contributed by atoms with Crippen molar-refractivity contribution >= 4 is 29.3 Å². The molecule has 0 saturated carbocycles. The van der Waals surface area contributed by atoms with Gasteiger partial charge >= 0.3 is 0 Å². The molecule has 7 heteroatoms. The smallest absolute Gasteiger partial charge is 0.248 e. The lowest BCUT2D eigenvalue weighted by molar-refractivity contribution is -0.111. The Bertz CT molecular complexity index is 1020. The van der Waals surface area contributed by atoms with E-state index in [0.717, 1.165) is 22.6 Å². The SMILES string of the molecule is COc1cc(/C=C/C(=O)Nc2ccccc2Cl)ccc1OCc1c(C)noc1C. The molecule has 1 amide bonds. The molecule has 3 rings (SSSR count). The van der Waals surface area contributed by atoms with Crippen LogP contribution in [0.5, 0.6) is 11.5 Å². The van der Waals surface area contributed by atoms with E-state index < -0.39 is 0 Å². The number of hydrogen-bond donors (Lipinski definition) is 1. The second kappa shape index (κ2) is 9.30. The lowest BCUT2D eigenvalue weighted by atomic mass is 10.1. The summed E-state index contributed by atoms with van der Waals surface area (Å²) in [5.74, 6) is 1.59. The van der Waals surface area contributed by atoms with Crippen molar-refractivity contribution in [2.24, 2.45) is 0 Å². The lowest BCUT2D eigenvalue weighted by Crippen LogP contribution is -2.07. The minimum absolute atomic E-state index is 0.282. The van der Waals surface area contributed by atoms with Crippen molar-refractivity contribution in [3.63, 3.8) is 0 Å². The molecule has 0 atom stereocenters. The minimum Gasteiger partial charge on any atom is -0.493 e. The van der Waals surface area contributed by atoms with E-state index in [1.165, 1.54) is 6.08 Å². The predicted octanol–water partition coefficient (Wildman–Crippen LogP) is 5.18. The molecule has 0 bridgehead atoms. The summed E-state index contributed by atoms with van der Waals surface area (Å²) >= 11 is 6.05. The number of amides is 1. The van der Waals surface area contributed by atoms with E-state index in [2.05, 4.69) is 10.5 Å². The zero-order valence-corrected chi connectivity index (χ0v) is 17.1. The number of hydrogen-bond acceptors (Lipinski definition) is 5. The fourth-order valence-electron chi connectivity index (χ4n) is 2.67. The van der Waals surface area contributed by atoms with E-state index in [1.54, 1.807) is 49.6 Å². The third kappa shape index (κ3) is 5.18. The summed E-state index contributed by atoms with van der Waals surface area (Å²) in [5, 5.41) is 7.14. The normalized spacial score (nSPS) is 10.9. The van der Waals surface area contributed by atoms with Gasteiger partial charge in [-0.15, -0.1) is 0 Å². The van der Waals surface area contributed by atoms with Crippen LogP contribution in [0.2, 0.25) is 5.02 Å². The highest BCUT2D eigenvalue weighted by Gasteiger charge is 2.12. The molecule has 0 radical (unpaired) electrons. The Morgan fingerprint density at radius 1 is 1.21 bits per heavy atom. The van der Waals surface area contributed by atoms with Crippen LogP contribution in [0.3, 0.4) is 0 Å². The maximum absolute atomic E-state index is 12.1. The first-order valence-electron chi connectivity index (χ1n) is 8.94. The first-order valence-corrected chi connectivity index (χ1v) is 9.32. The van der Waals surface area contributed by atoms with Gasteiger partial charge in [0.1, 0.15) is 12.4 Å². The van der Waals surface area contributed by atoms with Crippen molar-refractivity contribution in [3.05, 3.63) is 76.1 Å². The second-order valence-electron chi connectivity index (χ2n) is 6.30. The summed E-state index contributed by atoms with van der Waals surface area (Å²) in [5.41, 5.74) is 3.06. The van der Waals surface area contributed by atoms with Gasteiger partial charge in [0.05, 0.1) is 29.1 Å². The molecular formula is C22H21ClN2O4. The Labute approximate surface area is 174 Å². The molecule has 0 fully saturated rings. The maximum Gasteiger partial charge on any atom is 0.248 e. The summed E-state index contributed by atoms with van der Waals surface area (Å²) in [7, 11) is 1.57. The van der Waals surface area contributed by atoms with E-state index in [1.807, 2.05) is 19.9 Å². The molecule has 1 aromatic heterocycles. The fourth-order valence-corrected chi connectivity index (χ4v) is 2.86. The van der Waals surface area contributed by atoms with Crippen LogP contribution < -0.4 is 14.8 Å². The average Bonchev–Trinajstić information content (AvgIpc) is 3.04. The molecule has 1 N–H and O–H groups in total. The number of carbonyl (C=O) groups excluding carboxylic acids is 1. The zero-order chi connectivity index (χ0) is 20.8. The van der Waals surface area contributed by atoms with Gasteiger partial charge in [0.2, 0.25) is 5.91 Å². The minimum atomic E-state index is -0.282. The molecule has 150 valence electrons. The van der Waals surface area contributed by atoms with Crippen molar-refractivity contribution in [1.29, 1.82) is 0 Å². The van der Waals surface area contributed by atoms with Crippen LogP contribution >= 0.6 is 11.6 Å². The number of nitrogens with one attached hydrogen (secondary N) is 1. The van der Waals surface area contributed by atoms with Crippen LogP contribution in [0.1, 0.15) is 22.6 Å². The first kappa shape index (κ1) is 20.5. The molecule has 1 heterocycles. The Morgan fingerprint density at radius 2 is 2.00 bits per heavy atom. The van der Waals surface area contributed by atoms with Crippen molar-refractivity contribution in [1.82, 2.24) is 5.16 Å². The highest BCUT2D eigenvalue weighted by molar-refractivity contribution is 6.33. The molecule has 29 heavy (non-hydrogen) atoms. The monoisotopic (exact) mass is 412 g/mol. The molecule has 2 aromatic carbocycles. The van der Waals surface area contributed by atoms with Gasteiger partial charge in [-0.1, -0.05) is 35.0 Å². The van der Waals surface area contributed by atoms with Crippen LogP contribution in [0, 0.1) is 13.8 Å². The first-order chi connectivity index (χ1) is 14.0. The summed E-state index contributed by atoms with van der Waals surface area (Å²) in [6.45, 7) is 4.04. The van der Waals surface area contributed by atoms with Crippen molar-refractivity contribution in [2.45, 2.75) is 20.5 Å². The molecule has 0 aliphatic rings. The third-order valence-corrected chi connectivity index (χ3v) is 4.63. The number of para-hydroxylation sites is 1. The second-order valence-corrected chi connectivity index (χ2v) is 6.71. The topological polar surface area (TPSA) is 73.6 Å². The van der Waals surface area contributed by atoms with E-state index in [0.29, 0.717) is 28.8 Å². The Hall–Kier alpha value is -3.25. The van der Waals surface area contributed by atoms with Gasteiger partial charge in [-0.3, -0.25) is 4.79 Å². The Balaban J connectivity index is 1.67. The number of nitrogens with zero attached hydrogens (tertiary/aromatic N) is 1. The lowest BCUT2D eigenvalue weighted by Gasteiger charge is -2.11. The number of methoxy groups -OCH3 is 1. The van der Waals surface area contributed by atoms with Crippen molar-refractivity contribution in [2.75, 3.05) is 12.4 Å². The largest absolute Gasteiger partial charge is 0.493 e. The van der Waals surface area contributed by atoms with Crippen molar-refractivity contribution < 1.29 is 18.8 Å². The quantitative estimate of drug-likeness (QED) is 0.541. The number of benzene rings is 2. The fraction of sp³-hybridized carbons (Fsp3) is 0.182. The zero-order valence-electron chi connectivity index (χ0n) is 16.4. The number of ether oxygens (including phenoxy) is 2. The van der Waals surface area contributed by atoms with Gasteiger partial charge in [0, 0.05) is 6.08 Å². The number of anilines is 1. The Kier molecular flexibility index (Phi) is 6.57. The molecule has 0 aliphatic heterocycles. The Morgan fingerprint density at radius 3 is 2.69 bits per heavy atom. The maximum atomic E-state index is 12.1. The van der Waals surface area contributed by atoms with E-state index in [-0.39, 0.29) is 5.91 Å². The summed E-state index contributed by atoms with van der Waals surface area (Å²) in [6, 6.07) is 12.5. The highest BCUT2D eigenvalue weighted by atomic mass is 35.5. The number of rotatable bonds is 7. The molecular weight excluding hydrogens is 392 g/mol. The molecule has 0 spiro atoms. The summed E-state index contributed by atoms with van der Waals surface area (Å²) in [4.78, 5) is 12.1. The highest BCUT2D eigenvalue weighted by Crippen LogP contribution is 2.30. The number of aryl methyl sites for hydroxylation is 2. The van der Waals surface area contributed by atoms with E-state index in [9.17, 15) is 4.79 Å². The predicted molar refractivity (Wildman–Crippen MR) is 112 cm³/mol. The van der Waals surface area contributed by atoms with Gasteiger partial charge in [0.25, 0.3) is 0 Å². The van der Waals surface area contributed by atoms with Gasteiger partial charge in [-0.2, -0.15) is 0 Å². The van der Waals surface area contributed by atoms with Crippen LogP contribution in [0.15, 0.2) is 53.1 Å². The van der Waals surface area contributed by atoms with E-state index in [4.69, 9.17) is 25.6 Å². The summed E-state index contributed by atoms with van der Waals surface area (Å²) in [6.07, 6.45) is 3.12. The van der Waals surface area contributed by atoms with Crippen molar-refractivity contribution in [3.8, 4) is 11.5 Å². The number of carbonyl (C=O) groups is 1. The average molecular weight is 413 g/mol. The van der Waals surface area contributed by atoms with E-state index >= 15 is 0 Å². The van der Waals surface area contributed by atoms with Crippen LogP contribution in [-0.4, -0.2) is 18.2 Å². The molecule has 0 saturated heterocycles. The number of aromatic nitrogens is 1. The van der Waals surface area contributed by atoms with Gasteiger partial charge in [-0.25, -0.2) is 0 Å². The number of halogens is 1. The van der Waals surface area contributed by atoms with Crippen LogP contribution in [0.4, 0.5) is 5.69 Å². The van der Waals surface area contributed by atoms with Crippen LogP contribution in [-0.2, 0) is 11.4 Å². The molecule has 0 unspecified atom stereocenters.